The number of alkyl halides is 3. The fourth-order valence-electron chi connectivity index (χ4n) is 2.16. The van der Waals surface area contributed by atoms with E-state index < -0.39 is 28.9 Å². The summed E-state index contributed by atoms with van der Waals surface area (Å²) in [6.07, 6.45) is -3.31. The highest BCUT2D eigenvalue weighted by Crippen LogP contribution is 2.31. The molecular weight excluding hydrogens is 325 g/mol. The maximum atomic E-state index is 12.9. The molecule has 9 heteroatoms. The van der Waals surface area contributed by atoms with Gasteiger partial charge in [-0.25, -0.2) is 9.55 Å². The number of nitrogens with two attached hydrogens (primary N) is 1. The van der Waals surface area contributed by atoms with Crippen LogP contribution < -0.4 is 15.8 Å². The number of benzene rings is 1. The normalized spacial score (nSPS) is 12.2. The topological polar surface area (TPSA) is 78.0 Å². The molecule has 24 heavy (non-hydrogen) atoms. The number of hydrogen-bond acceptors (Lipinski definition) is 3. The largest absolute Gasteiger partial charge is 0.416 e. The number of amides is 1. The average molecular weight is 341 g/mol. The molecular formula is C15H16F3N4O2+. The van der Waals surface area contributed by atoms with E-state index in [4.69, 9.17) is 5.73 Å². The van der Waals surface area contributed by atoms with Crippen molar-refractivity contribution in [1.82, 2.24) is 14.0 Å². The second-order valence-electron chi connectivity index (χ2n) is 6.03. The zero-order chi connectivity index (χ0) is 18.3. The lowest BCUT2D eigenvalue weighted by molar-refractivity contribution is -0.137. The number of rotatable bonds is 3. The summed E-state index contributed by atoms with van der Waals surface area (Å²) < 4.78 is 40.0. The number of halogens is 3. The fraction of sp³-hybridized carbons (Fsp3) is 0.267. The van der Waals surface area contributed by atoms with Gasteiger partial charge in [-0.15, -0.1) is 0 Å². The van der Waals surface area contributed by atoms with Gasteiger partial charge in [-0.2, -0.15) is 13.2 Å². The monoisotopic (exact) mass is 341 g/mol. The summed E-state index contributed by atoms with van der Waals surface area (Å²) in [6, 6.07) is 4.27. The van der Waals surface area contributed by atoms with Crippen LogP contribution in [0.25, 0.3) is 5.69 Å². The summed E-state index contributed by atoms with van der Waals surface area (Å²) in [5, 5.41) is 0. The van der Waals surface area contributed by atoms with E-state index in [1.54, 1.807) is 21.1 Å². The maximum Gasteiger partial charge on any atom is 0.416 e. The van der Waals surface area contributed by atoms with Gasteiger partial charge in [0.2, 0.25) is 5.82 Å². The molecule has 0 bridgehead atoms. The molecule has 2 rings (SSSR count). The van der Waals surface area contributed by atoms with Crippen molar-refractivity contribution in [3.8, 4) is 5.69 Å². The Morgan fingerprint density at radius 1 is 1.25 bits per heavy atom. The van der Waals surface area contributed by atoms with Crippen molar-refractivity contribution in [2.75, 3.05) is 21.1 Å². The molecule has 0 aliphatic heterocycles. The van der Waals surface area contributed by atoms with Gasteiger partial charge in [0.15, 0.2) is 5.69 Å². The molecule has 0 fully saturated rings. The molecule has 1 amide bonds. The second-order valence-corrected chi connectivity index (χ2v) is 6.03. The first-order chi connectivity index (χ1) is 10.9. The van der Waals surface area contributed by atoms with Crippen LogP contribution in [0.1, 0.15) is 16.1 Å². The number of nitrogens with zero attached hydrogens (tertiary/aromatic N) is 3. The number of primary amides is 1. The Bertz CT molecular complexity index is 851. The second kappa shape index (κ2) is 5.75. The highest BCUT2D eigenvalue weighted by molar-refractivity contribution is 5.90. The molecule has 1 aromatic heterocycles. The van der Waals surface area contributed by atoms with Crippen LogP contribution in [0.5, 0.6) is 0 Å². The van der Waals surface area contributed by atoms with E-state index in [1.165, 1.54) is 18.3 Å². The lowest BCUT2D eigenvalue weighted by Gasteiger charge is -2.26. The highest BCUT2D eigenvalue weighted by Gasteiger charge is 2.31. The molecule has 1 aromatic carbocycles. The van der Waals surface area contributed by atoms with Gasteiger partial charge in [0, 0.05) is 0 Å². The van der Waals surface area contributed by atoms with Gasteiger partial charge in [0.05, 0.1) is 32.4 Å². The van der Waals surface area contributed by atoms with E-state index in [1.807, 2.05) is 0 Å². The van der Waals surface area contributed by atoms with Crippen LogP contribution in [-0.2, 0) is 6.18 Å². The molecule has 0 radical (unpaired) electrons. The summed E-state index contributed by atoms with van der Waals surface area (Å²) in [6.45, 7) is 0. The van der Waals surface area contributed by atoms with Crippen molar-refractivity contribution in [2.45, 2.75) is 6.18 Å². The van der Waals surface area contributed by atoms with Crippen molar-refractivity contribution < 1.29 is 18.0 Å². The summed E-state index contributed by atoms with van der Waals surface area (Å²) >= 11 is 0. The van der Waals surface area contributed by atoms with Gasteiger partial charge in [-0.1, -0.05) is 6.07 Å². The number of hydrogen-bond donors (Lipinski definition) is 1. The Kier molecular flexibility index (Phi) is 4.23. The lowest BCUT2D eigenvalue weighted by atomic mass is 10.2. The maximum absolute atomic E-state index is 12.9. The van der Waals surface area contributed by atoms with E-state index in [0.29, 0.717) is 5.82 Å². The summed E-state index contributed by atoms with van der Waals surface area (Å²) in [4.78, 5) is 27.7. The quantitative estimate of drug-likeness (QED) is 0.861. The zero-order valence-corrected chi connectivity index (χ0v) is 13.3. The van der Waals surface area contributed by atoms with Crippen LogP contribution in [0.3, 0.4) is 0 Å². The van der Waals surface area contributed by atoms with Crippen molar-refractivity contribution in [3.05, 3.63) is 52.1 Å². The van der Waals surface area contributed by atoms with Gasteiger partial charge in [0.25, 0.3) is 11.5 Å². The Labute approximate surface area is 135 Å². The van der Waals surface area contributed by atoms with Crippen LogP contribution in [0.15, 0.2) is 35.3 Å². The Hall–Kier alpha value is -2.68. The van der Waals surface area contributed by atoms with Crippen LogP contribution >= 0.6 is 0 Å². The smallest absolute Gasteiger partial charge is 0.364 e. The fourth-order valence-corrected chi connectivity index (χ4v) is 2.16. The summed E-state index contributed by atoms with van der Waals surface area (Å²) in [7, 11) is 5.14. The predicted octanol–water partition coefficient (Wildman–Crippen LogP) is 1.55. The van der Waals surface area contributed by atoms with E-state index >= 15 is 0 Å². The van der Waals surface area contributed by atoms with Gasteiger partial charge < -0.3 is 5.73 Å². The summed E-state index contributed by atoms with van der Waals surface area (Å²) in [5.74, 6) is -0.752. The average Bonchev–Trinajstić information content (AvgIpc) is 2.44. The van der Waals surface area contributed by atoms with Crippen LogP contribution in [0.4, 0.5) is 19.0 Å². The van der Waals surface area contributed by atoms with Crippen LogP contribution in [0.2, 0.25) is 0 Å². The Morgan fingerprint density at radius 3 is 2.38 bits per heavy atom. The SMILES string of the molecule is C[N+](C)(C)c1cnc(C(N)=O)c(=O)n1-c1cccc(C(F)(F)F)c1. The standard InChI is InChI=1S/C15H15F3N4O2/c1-22(2,3)11-8-20-12(13(19)23)14(24)21(11)10-6-4-5-9(7-10)15(16,17)18/h4-8H,1-3H3,(H-,19,23)/p+1. The third-order valence-electron chi connectivity index (χ3n) is 3.30. The highest BCUT2D eigenvalue weighted by atomic mass is 19.4. The van der Waals surface area contributed by atoms with Gasteiger partial charge in [-0.05, 0) is 18.2 Å². The zero-order valence-electron chi connectivity index (χ0n) is 13.3. The number of quaternary nitrogens is 1. The summed E-state index contributed by atoms with van der Waals surface area (Å²) in [5.41, 5.74) is 2.78. The van der Waals surface area contributed by atoms with Gasteiger partial charge >= 0.3 is 6.18 Å². The van der Waals surface area contributed by atoms with Crippen LogP contribution in [-0.4, -0.2) is 36.6 Å². The first-order valence-corrected chi connectivity index (χ1v) is 6.84. The molecule has 6 nitrogen and oxygen atoms in total. The van der Waals surface area contributed by atoms with E-state index in [2.05, 4.69) is 4.98 Å². The predicted molar refractivity (Wildman–Crippen MR) is 82.9 cm³/mol. The van der Waals surface area contributed by atoms with Crippen molar-refractivity contribution in [1.29, 1.82) is 0 Å². The first kappa shape index (κ1) is 17.7. The molecule has 0 aliphatic carbocycles. The molecule has 0 saturated heterocycles. The van der Waals surface area contributed by atoms with Gasteiger partial charge in [0.1, 0.15) is 6.20 Å². The lowest BCUT2D eigenvalue weighted by Crippen LogP contribution is -2.42. The molecule has 0 unspecified atom stereocenters. The van der Waals surface area contributed by atoms with Gasteiger partial charge in [-0.3, -0.25) is 14.1 Å². The first-order valence-electron chi connectivity index (χ1n) is 6.84. The minimum absolute atomic E-state index is 0.0252. The third-order valence-corrected chi connectivity index (χ3v) is 3.30. The molecule has 0 atom stereocenters. The molecule has 1 heterocycles. The van der Waals surface area contributed by atoms with E-state index in [-0.39, 0.29) is 10.2 Å². The molecule has 0 aliphatic rings. The molecule has 0 saturated carbocycles. The number of carbonyl (C=O) groups is 1. The molecule has 0 spiro atoms. The molecule has 128 valence electrons. The minimum atomic E-state index is -4.56. The third kappa shape index (κ3) is 3.30. The number of carbonyl (C=O) groups excluding carboxylic acids is 1. The van der Waals surface area contributed by atoms with Crippen LogP contribution in [0, 0.1) is 0 Å². The Morgan fingerprint density at radius 2 is 1.88 bits per heavy atom. The van der Waals surface area contributed by atoms with Crippen molar-refractivity contribution in [3.63, 3.8) is 0 Å². The van der Waals surface area contributed by atoms with Crippen molar-refractivity contribution >= 4 is 11.7 Å². The molecule has 2 N–H and O–H groups in total. The van der Waals surface area contributed by atoms with E-state index in [9.17, 15) is 22.8 Å². The molecule has 2 aromatic rings. The Balaban J connectivity index is 2.84. The minimum Gasteiger partial charge on any atom is -0.364 e. The number of aromatic nitrogens is 2. The van der Waals surface area contributed by atoms with E-state index in [0.717, 1.165) is 16.7 Å². The van der Waals surface area contributed by atoms with Crippen molar-refractivity contribution in [2.24, 2.45) is 5.73 Å².